The molecule has 0 spiro atoms. The number of hydrogen-bond donors (Lipinski definition) is 1. The quantitative estimate of drug-likeness (QED) is 0.785. The van der Waals surface area contributed by atoms with Crippen molar-refractivity contribution in [3.05, 3.63) is 29.8 Å². The highest BCUT2D eigenvalue weighted by molar-refractivity contribution is 7.98. The number of carbonyl (C=O) groups excluding carboxylic acids is 1. The minimum Gasteiger partial charge on any atom is -0.497 e. The van der Waals surface area contributed by atoms with Crippen LogP contribution < -0.4 is 10.5 Å². The van der Waals surface area contributed by atoms with E-state index in [0.717, 1.165) is 17.3 Å². The summed E-state index contributed by atoms with van der Waals surface area (Å²) in [5, 5.41) is 0. The van der Waals surface area contributed by atoms with Crippen LogP contribution in [0, 0.1) is 5.41 Å². The molecule has 1 aromatic rings. The number of carbonyl (C=O) groups is 1. The summed E-state index contributed by atoms with van der Waals surface area (Å²) in [6.07, 6.45) is 0. The van der Waals surface area contributed by atoms with E-state index in [1.807, 2.05) is 45.0 Å². The Morgan fingerprint density at radius 3 is 2.43 bits per heavy atom. The van der Waals surface area contributed by atoms with Gasteiger partial charge in [0.05, 0.1) is 12.5 Å². The minimum absolute atomic E-state index is 0.139. The zero-order valence-corrected chi connectivity index (χ0v) is 14.0. The predicted octanol–water partition coefficient (Wildman–Crippen LogP) is 2.85. The van der Waals surface area contributed by atoms with Gasteiger partial charge in [-0.25, -0.2) is 0 Å². The lowest BCUT2D eigenvalue weighted by Crippen LogP contribution is -2.33. The van der Waals surface area contributed by atoms with E-state index >= 15 is 0 Å². The Kier molecular flexibility index (Phi) is 7.05. The first-order chi connectivity index (χ1) is 9.82. The molecule has 118 valence electrons. The van der Waals surface area contributed by atoms with Gasteiger partial charge in [0.15, 0.2) is 0 Å². The molecule has 0 aliphatic carbocycles. The van der Waals surface area contributed by atoms with Crippen molar-refractivity contribution in [1.29, 1.82) is 0 Å². The van der Waals surface area contributed by atoms with Gasteiger partial charge in [-0.15, -0.1) is 0 Å². The van der Waals surface area contributed by atoms with Gasteiger partial charge in [-0.05, 0) is 38.5 Å². The fourth-order valence-electron chi connectivity index (χ4n) is 1.50. The summed E-state index contributed by atoms with van der Waals surface area (Å²) < 4.78 is 10.3. The number of methoxy groups -OCH3 is 1. The first-order valence-corrected chi connectivity index (χ1v) is 8.12. The fraction of sp³-hybridized carbons (Fsp3) is 0.562. The molecule has 0 amide bonds. The second kappa shape index (κ2) is 8.29. The van der Waals surface area contributed by atoms with Gasteiger partial charge < -0.3 is 15.2 Å². The number of ether oxygens (including phenoxy) is 2. The summed E-state index contributed by atoms with van der Waals surface area (Å²) in [7, 11) is 1.65. The summed E-state index contributed by atoms with van der Waals surface area (Å²) >= 11 is 1.73. The molecule has 0 aromatic heterocycles. The molecule has 2 N–H and O–H groups in total. The molecule has 0 aliphatic rings. The Labute approximate surface area is 131 Å². The molecule has 1 aromatic carbocycles. The van der Waals surface area contributed by atoms with Crippen LogP contribution in [-0.2, 0) is 15.3 Å². The van der Waals surface area contributed by atoms with Crippen LogP contribution in [0.3, 0.4) is 0 Å². The molecule has 0 saturated carbocycles. The number of hydrogen-bond acceptors (Lipinski definition) is 5. The van der Waals surface area contributed by atoms with Crippen molar-refractivity contribution < 1.29 is 14.3 Å². The lowest BCUT2D eigenvalue weighted by Gasteiger charge is -2.18. The van der Waals surface area contributed by atoms with Crippen molar-refractivity contribution in [2.24, 2.45) is 11.1 Å². The van der Waals surface area contributed by atoms with Gasteiger partial charge in [-0.3, -0.25) is 4.79 Å². The van der Waals surface area contributed by atoms with E-state index in [9.17, 15) is 4.79 Å². The van der Waals surface area contributed by atoms with Crippen LogP contribution in [0.5, 0.6) is 5.75 Å². The smallest absolute Gasteiger partial charge is 0.311 e. The first kappa shape index (κ1) is 17.9. The zero-order valence-electron chi connectivity index (χ0n) is 13.2. The van der Waals surface area contributed by atoms with E-state index in [-0.39, 0.29) is 18.6 Å². The maximum Gasteiger partial charge on any atom is 0.311 e. The molecule has 0 saturated heterocycles. The third-order valence-electron chi connectivity index (χ3n) is 2.80. The van der Waals surface area contributed by atoms with Gasteiger partial charge >= 0.3 is 5.97 Å². The number of thioether (sulfide) groups is 1. The summed E-state index contributed by atoms with van der Waals surface area (Å²) in [6.45, 7) is 5.77. The maximum atomic E-state index is 11.6. The van der Waals surface area contributed by atoms with Gasteiger partial charge in [0, 0.05) is 17.5 Å². The molecule has 21 heavy (non-hydrogen) atoms. The van der Waals surface area contributed by atoms with E-state index in [1.54, 1.807) is 18.9 Å². The average Bonchev–Trinajstić information content (AvgIpc) is 2.44. The molecule has 4 nitrogen and oxygen atoms in total. The Hall–Kier alpha value is -1.20. The van der Waals surface area contributed by atoms with Crippen molar-refractivity contribution in [2.45, 2.75) is 32.6 Å². The zero-order chi connectivity index (χ0) is 15.9. The fourth-order valence-corrected chi connectivity index (χ4v) is 2.44. The highest BCUT2D eigenvalue weighted by Crippen LogP contribution is 2.18. The second-order valence-corrected chi connectivity index (χ2v) is 7.00. The highest BCUT2D eigenvalue weighted by atomic mass is 32.2. The molecule has 0 unspecified atom stereocenters. The molecule has 0 heterocycles. The molecule has 0 aliphatic heterocycles. The molecular weight excluding hydrogens is 286 g/mol. The average molecular weight is 311 g/mol. The van der Waals surface area contributed by atoms with Crippen molar-refractivity contribution in [3.8, 4) is 5.75 Å². The Morgan fingerprint density at radius 1 is 1.29 bits per heavy atom. The van der Waals surface area contributed by atoms with Crippen LogP contribution in [0.2, 0.25) is 0 Å². The molecule has 5 heteroatoms. The number of esters is 1. The van der Waals surface area contributed by atoms with Crippen LogP contribution in [0.15, 0.2) is 24.3 Å². The lowest BCUT2D eigenvalue weighted by atomic mass is 9.97. The van der Waals surface area contributed by atoms with Crippen molar-refractivity contribution >= 4 is 17.7 Å². The normalized spacial score (nSPS) is 12.8. The third kappa shape index (κ3) is 6.87. The molecule has 0 fully saturated rings. The summed E-state index contributed by atoms with van der Waals surface area (Å²) in [5.74, 6) is 2.28. The van der Waals surface area contributed by atoms with Gasteiger partial charge in [0.1, 0.15) is 12.4 Å². The van der Waals surface area contributed by atoms with Gasteiger partial charge in [0.2, 0.25) is 0 Å². The topological polar surface area (TPSA) is 61.6 Å². The lowest BCUT2D eigenvalue weighted by molar-refractivity contribution is -0.153. The van der Waals surface area contributed by atoms with Gasteiger partial charge in [0.25, 0.3) is 0 Å². The van der Waals surface area contributed by atoms with Crippen molar-refractivity contribution in [3.63, 3.8) is 0 Å². The summed E-state index contributed by atoms with van der Waals surface area (Å²) in [4.78, 5) is 11.6. The van der Waals surface area contributed by atoms with E-state index < -0.39 is 5.41 Å². The number of nitrogens with two attached hydrogens (primary N) is 1. The van der Waals surface area contributed by atoms with Crippen LogP contribution in [-0.4, -0.2) is 31.5 Å². The van der Waals surface area contributed by atoms with Crippen LogP contribution >= 0.6 is 11.8 Å². The van der Waals surface area contributed by atoms with Gasteiger partial charge in [-0.2, -0.15) is 11.8 Å². The summed E-state index contributed by atoms with van der Waals surface area (Å²) in [5.41, 5.74) is 6.70. The van der Waals surface area contributed by atoms with Crippen LogP contribution in [0.4, 0.5) is 0 Å². The van der Waals surface area contributed by atoms with E-state index in [0.29, 0.717) is 0 Å². The number of benzene rings is 1. The maximum absolute atomic E-state index is 11.6. The van der Waals surface area contributed by atoms with Crippen molar-refractivity contribution in [1.82, 2.24) is 0 Å². The Balaban J connectivity index is 2.24. The minimum atomic E-state index is -0.476. The van der Waals surface area contributed by atoms with E-state index in [2.05, 4.69) is 0 Å². The standard InChI is InChI=1S/C16H25NO3S/c1-16(2,3)15(18)20-9-13(17)11-21-10-12-5-7-14(19-4)8-6-12/h5-8,13H,9-11,17H2,1-4H3/t13-/m0/s1. The van der Waals surface area contributed by atoms with E-state index in [1.165, 1.54) is 5.56 Å². The van der Waals surface area contributed by atoms with Gasteiger partial charge in [-0.1, -0.05) is 12.1 Å². The number of rotatable bonds is 7. The van der Waals surface area contributed by atoms with Crippen LogP contribution in [0.25, 0.3) is 0 Å². The van der Waals surface area contributed by atoms with E-state index in [4.69, 9.17) is 15.2 Å². The summed E-state index contributed by atoms with van der Waals surface area (Å²) in [6, 6.07) is 7.83. The monoisotopic (exact) mass is 311 g/mol. The molecule has 0 radical (unpaired) electrons. The second-order valence-electron chi connectivity index (χ2n) is 5.97. The molecular formula is C16H25NO3S. The largest absolute Gasteiger partial charge is 0.497 e. The Bertz CT molecular complexity index is 440. The van der Waals surface area contributed by atoms with Crippen LogP contribution in [0.1, 0.15) is 26.3 Å². The predicted molar refractivity (Wildman–Crippen MR) is 87.5 cm³/mol. The highest BCUT2D eigenvalue weighted by Gasteiger charge is 2.23. The Morgan fingerprint density at radius 2 is 1.90 bits per heavy atom. The molecule has 0 bridgehead atoms. The molecule has 1 rings (SSSR count). The first-order valence-electron chi connectivity index (χ1n) is 6.96. The third-order valence-corrected chi connectivity index (χ3v) is 4.00. The van der Waals surface area contributed by atoms with Crippen molar-refractivity contribution in [2.75, 3.05) is 19.5 Å². The molecule has 1 atom stereocenters. The SMILES string of the molecule is COc1ccc(CSC[C@@H](N)COC(=O)C(C)(C)C)cc1.